The summed E-state index contributed by atoms with van der Waals surface area (Å²) in [7, 11) is 3.81. The fraction of sp³-hybridized carbons (Fsp3) is 0.562. The number of carbonyl (C=O) groups excluding carboxylic acids is 1. The van der Waals surface area contributed by atoms with Gasteiger partial charge in [-0.1, -0.05) is 0 Å². The number of ether oxygens (including phenoxy) is 1. The van der Waals surface area contributed by atoms with E-state index in [0.717, 1.165) is 55.9 Å². The van der Waals surface area contributed by atoms with E-state index < -0.39 is 0 Å². The molecule has 2 heterocycles. The number of nitrogens with zero attached hydrogens (tertiary/aromatic N) is 2. The molecule has 0 radical (unpaired) electrons. The third-order valence-corrected chi connectivity index (χ3v) is 4.57. The molecule has 3 rings (SSSR count). The smallest absolute Gasteiger partial charge is 0.322 e. The maximum absolute atomic E-state index is 12.5. The van der Waals surface area contributed by atoms with Crippen molar-refractivity contribution in [2.24, 2.45) is 0 Å². The van der Waals surface area contributed by atoms with Crippen LogP contribution < -0.4 is 10.1 Å². The molecule has 0 aliphatic carbocycles. The Morgan fingerprint density at radius 2 is 2.00 bits per heavy atom. The van der Waals surface area contributed by atoms with Gasteiger partial charge in [-0.25, -0.2) is 4.79 Å². The zero-order chi connectivity index (χ0) is 14.8. The number of nitrogens with one attached hydrogen (secondary N) is 1. The highest BCUT2D eigenvalue weighted by Gasteiger charge is 2.29. The number of rotatable bonds is 2. The first-order valence-electron chi connectivity index (χ1n) is 7.60. The van der Waals surface area contributed by atoms with Crippen LogP contribution in [0.2, 0.25) is 0 Å². The molecule has 1 aromatic carbocycles. The minimum Gasteiger partial charge on any atom is -0.497 e. The molecule has 2 aliphatic rings. The first-order valence-corrected chi connectivity index (χ1v) is 7.60. The van der Waals surface area contributed by atoms with Crippen LogP contribution in [0.25, 0.3) is 0 Å². The lowest BCUT2D eigenvalue weighted by atomic mass is 10.0. The maximum Gasteiger partial charge on any atom is 0.322 e. The third-order valence-electron chi connectivity index (χ3n) is 4.57. The van der Waals surface area contributed by atoms with Gasteiger partial charge in [0.05, 0.1) is 7.11 Å². The van der Waals surface area contributed by atoms with E-state index in [9.17, 15) is 4.79 Å². The van der Waals surface area contributed by atoms with Gasteiger partial charge in [0.2, 0.25) is 0 Å². The monoisotopic (exact) mass is 289 g/mol. The first-order chi connectivity index (χ1) is 10.2. The average molecular weight is 289 g/mol. The van der Waals surface area contributed by atoms with E-state index in [-0.39, 0.29) is 6.03 Å². The van der Waals surface area contributed by atoms with Crippen LogP contribution in [-0.4, -0.2) is 55.7 Å². The molecule has 5 nitrogen and oxygen atoms in total. The van der Waals surface area contributed by atoms with Crippen molar-refractivity contribution >= 4 is 11.7 Å². The van der Waals surface area contributed by atoms with E-state index in [1.165, 1.54) is 0 Å². The molecule has 0 bridgehead atoms. The summed E-state index contributed by atoms with van der Waals surface area (Å²) in [6.07, 6.45) is 2.99. The number of carbonyl (C=O) groups is 1. The predicted molar refractivity (Wildman–Crippen MR) is 82.9 cm³/mol. The second-order valence-electron chi connectivity index (χ2n) is 5.93. The summed E-state index contributed by atoms with van der Waals surface area (Å²) in [5, 5.41) is 3.05. The van der Waals surface area contributed by atoms with Crippen molar-refractivity contribution in [2.75, 3.05) is 39.1 Å². The second-order valence-corrected chi connectivity index (χ2v) is 5.93. The van der Waals surface area contributed by atoms with Crippen molar-refractivity contribution < 1.29 is 9.53 Å². The number of urea groups is 1. The van der Waals surface area contributed by atoms with E-state index in [0.29, 0.717) is 6.04 Å². The van der Waals surface area contributed by atoms with Crippen LogP contribution >= 0.6 is 0 Å². The number of benzene rings is 1. The van der Waals surface area contributed by atoms with Gasteiger partial charge in [0.1, 0.15) is 5.75 Å². The van der Waals surface area contributed by atoms with Gasteiger partial charge in [0.15, 0.2) is 0 Å². The minimum absolute atomic E-state index is 0.0356. The Morgan fingerprint density at radius 3 is 2.71 bits per heavy atom. The first kappa shape index (κ1) is 14.2. The normalized spacial score (nSPS) is 20.7. The SMILES string of the molecule is COc1ccc2c(c1)CCN(C1CCN(C)CC1)C(=O)N2. The standard InChI is InChI=1S/C16H23N3O2/c1-18-8-6-13(7-9-18)19-10-5-12-11-14(21-2)3-4-15(12)17-16(19)20/h3-4,11,13H,5-10H2,1-2H3,(H,17,20). The molecule has 0 unspecified atom stereocenters. The fourth-order valence-corrected chi connectivity index (χ4v) is 3.21. The number of piperidine rings is 1. The van der Waals surface area contributed by atoms with E-state index in [1.54, 1.807) is 7.11 Å². The second kappa shape index (κ2) is 5.93. The number of hydrogen-bond acceptors (Lipinski definition) is 3. The predicted octanol–water partition coefficient (Wildman–Crippen LogP) is 2.18. The van der Waals surface area contributed by atoms with E-state index in [4.69, 9.17) is 4.74 Å². The Balaban J connectivity index is 1.75. The largest absolute Gasteiger partial charge is 0.497 e. The van der Waals surface area contributed by atoms with Crippen LogP contribution in [0.1, 0.15) is 18.4 Å². The highest BCUT2D eigenvalue weighted by atomic mass is 16.5. The number of amides is 2. The fourth-order valence-electron chi connectivity index (χ4n) is 3.21. The number of likely N-dealkylation sites (tertiary alicyclic amines) is 1. The molecular formula is C16H23N3O2. The number of hydrogen-bond donors (Lipinski definition) is 1. The molecule has 0 aromatic heterocycles. The van der Waals surface area contributed by atoms with Gasteiger partial charge in [-0.2, -0.15) is 0 Å². The van der Waals surface area contributed by atoms with Crippen LogP contribution in [0, 0.1) is 0 Å². The maximum atomic E-state index is 12.5. The highest BCUT2D eigenvalue weighted by molar-refractivity contribution is 5.91. The lowest BCUT2D eigenvalue weighted by Gasteiger charge is -2.36. The molecule has 114 valence electrons. The average Bonchev–Trinajstić information content (AvgIpc) is 2.66. The van der Waals surface area contributed by atoms with E-state index in [2.05, 4.69) is 17.3 Å². The minimum atomic E-state index is 0.0356. The summed E-state index contributed by atoms with van der Waals surface area (Å²) in [5.41, 5.74) is 2.06. The Bertz CT molecular complexity index is 524. The molecular weight excluding hydrogens is 266 g/mol. The molecule has 2 amide bonds. The van der Waals surface area contributed by atoms with Crippen LogP contribution in [0.15, 0.2) is 18.2 Å². The van der Waals surface area contributed by atoms with Crippen LogP contribution in [0.5, 0.6) is 5.75 Å². The molecule has 2 aliphatic heterocycles. The quantitative estimate of drug-likeness (QED) is 0.907. The third kappa shape index (κ3) is 2.97. The summed E-state index contributed by atoms with van der Waals surface area (Å²) in [6, 6.07) is 6.24. The van der Waals surface area contributed by atoms with Crippen molar-refractivity contribution in [2.45, 2.75) is 25.3 Å². The van der Waals surface area contributed by atoms with Crippen molar-refractivity contribution in [3.8, 4) is 5.75 Å². The molecule has 1 saturated heterocycles. The highest BCUT2D eigenvalue weighted by Crippen LogP contribution is 2.27. The van der Waals surface area contributed by atoms with Gasteiger partial charge in [0, 0.05) is 18.3 Å². The van der Waals surface area contributed by atoms with E-state index >= 15 is 0 Å². The molecule has 0 saturated carbocycles. The van der Waals surface area contributed by atoms with Crippen molar-refractivity contribution in [3.05, 3.63) is 23.8 Å². The summed E-state index contributed by atoms with van der Waals surface area (Å²) in [5.74, 6) is 0.843. The van der Waals surface area contributed by atoms with Gasteiger partial charge in [-0.05, 0) is 63.2 Å². The lowest BCUT2D eigenvalue weighted by molar-refractivity contribution is 0.141. The molecule has 0 atom stereocenters. The summed E-state index contributed by atoms with van der Waals surface area (Å²) < 4.78 is 5.27. The van der Waals surface area contributed by atoms with Crippen LogP contribution in [-0.2, 0) is 6.42 Å². The Hall–Kier alpha value is -1.75. The summed E-state index contributed by atoms with van der Waals surface area (Å²) >= 11 is 0. The Morgan fingerprint density at radius 1 is 1.24 bits per heavy atom. The number of methoxy groups -OCH3 is 1. The van der Waals surface area contributed by atoms with Gasteiger partial charge in [0.25, 0.3) is 0 Å². The Labute approximate surface area is 125 Å². The molecule has 0 spiro atoms. The van der Waals surface area contributed by atoms with Crippen LogP contribution in [0.3, 0.4) is 0 Å². The molecule has 5 heteroatoms. The van der Waals surface area contributed by atoms with E-state index in [1.807, 2.05) is 23.1 Å². The molecule has 21 heavy (non-hydrogen) atoms. The van der Waals surface area contributed by atoms with Crippen molar-refractivity contribution in [3.63, 3.8) is 0 Å². The van der Waals surface area contributed by atoms with Gasteiger partial charge in [-0.15, -0.1) is 0 Å². The van der Waals surface area contributed by atoms with Crippen molar-refractivity contribution in [1.29, 1.82) is 0 Å². The zero-order valence-electron chi connectivity index (χ0n) is 12.8. The van der Waals surface area contributed by atoms with Gasteiger partial charge >= 0.3 is 6.03 Å². The van der Waals surface area contributed by atoms with Crippen LogP contribution in [0.4, 0.5) is 10.5 Å². The van der Waals surface area contributed by atoms with Gasteiger partial charge in [-0.3, -0.25) is 0 Å². The number of anilines is 1. The Kier molecular flexibility index (Phi) is 4.01. The topological polar surface area (TPSA) is 44.8 Å². The molecule has 1 N–H and O–H groups in total. The molecule has 1 fully saturated rings. The van der Waals surface area contributed by atoms with Gasteiger partial charge < -0.3 is 19.9 Å². The number of fused-ring (bicyclic) bond motifs is 1. The zero-order valence-corrected chi connectivity index (χ0v) is 12.8. The molecule has 1 aromatic rings. The lowest BCUT2D eigenvalue weighted by Crippen LogP contribution is -2.48. The summed E-state index contributed by atoms with van der Waals surface area (Å²) in [6.45, 7) is 2.91. The summed E-state index contributed by atoms with van der Waals surface area (Å²) in [4.78, 5) is 16.8. The van der Waals surface area contributed by atoms with Crippen molar-refractivity contribution in [1.82, 2.24) is 9.80 Å².